The van der Waals surface area contributed by atoms with Gasteiger partial charge in [-0.15, -0.1) is 0 Å². The molecular weight excluding hydrogens is 276 g/mol. The van der Waals surface area contributed by atoms with Crippen molar-refractivity contribution in [2.75, 3.05) is 33.3 Å². The molecule has 0 spiro atoms. The maximum Gasteiger partial charge on any atom is 0.119 e. The van der Waals surface area contributed by atoms with Crippen LogP contribution in [0.25, 0.3) is 10.9 Å². The van der Waals surface area contributed by atoms with Crippen molar-refractivity contribution in [2.45, 2.75) is 25.8 Å². The molecule has 1 aliphatic heterocycles. The highest BCUT2D eigenvalue weighted by atomic mass is 16.5. The second kappa shape index (κ2) is 7.11. The average molecular weight is 302 g/mol. The van der Waals surface area contributed by atoms with E-state index in [1.54, 1.807) is 7.11 Å². The minimum atomic E-state index is 0.722. The van der Waals surface area contributed by atoms with Gasteiger partial charge in [0.2, 0.25) is 0 Å². The third-order valence-electron chi connectivity index (χ3n) is 4.67. The second-order valence-corrected chi connectivity index (χ2v) is 6.18. The molecule has 1 saturated heterocycles. The predicted molar refractivity (Wildman–Crippen MR) is 89.1 cm³/mol. The van der Waals surface area contributed by atoms with Crippen LogP contribution in [0.5, 0.6) is 5.75 Å². The summed E-state index contributed by atoms with van der Waals surface area (Å²) >= 11 is 0. The number of hydrogen-bond donors (Lipinski definition) is 1. The highest BCUT2D eigenvalue weighted by molar-refractivity contribution is 5.80. The van der Waals surface area contributed by atoms with Crippen LogP contribution in [0.3, 0.4) is 0 Å². The van der Waals surface area contributed by atoms with Gasteiger partial charge in [0.1, 0.15) is 5.75 Å². The van der Waals surface area contributed by atoms with Gasteiger partial charge in [0.05, 0.1) is 18.8 Å². The minimum Gasteiger partial charge on any atom is -0.497 e. The van der Waals surface area contributed by atoms with Gasteiger partial charge in [-0.3, -0.25) is 4.68 Å². The lowest BCUT2D eigenvalue weighted by atomic mass is 9.96. The van der Waals surface area contributed by atoms with Crippen molar-refractivity contribution in [2.24, 2.45) is 11.7 Å². The van der Waals surface area contributed by atoms with E-state index in [1.165, 1.54) is 31.4 Å². The smallest absolute Gasteiger partial charge is 0.119 e. The number of nitrogens with zero attached hydrogens (tertiary/aromatic N) is 3. The monoisotopic (exact) mass is 302 g/mol. The lowest BCUT2D eigenvalue weighted by Crippen LogP contribution is -2.36. The van der Waals surface area contributed by atoms with Crippen LogP contribution in [0.1, 0.15) is 19.3 Å². The fourth-order valence-electron chi connectivity index (χ4n) is 3.29. The minimum absolute atomic E-state index is 0.722. The molecule has 120 valence electrons. The van der Waals surface area contributed by atoms with E-state index in [4.69, 9.17) is 10.5 Å². The van der Waals surface area contributed by atoms with Crippen molar-refractivity contribution in [3.8, 4) is 5.75 Å². The molecule has 1 fully saturated rings. The quantitative estimate of drug-likeness (QED) is 0.888. The van der Waals surface area contributed by atoms with E-state index >= 15 is 0 Å². The lowest BCUT2D eigenvalue weighted by Gasteiger charge is -2.31. The van der Waals surface area contributed by atoms with Gasteiger partial charge in [-0.1, -0.05) is 0 Å². The highest BCUT2D eigenvalue weighted by Gasteiger charge is 2.20. The number of benzene rings is 1. The number of nitrogens with two attached hydrogens (primary N) is 1. The van der Waals surface area contributed by atoms with Crippen molar-refractivity contribution < 1.29 is 4.74 Å². The summed E-state index contributed by atoms with van der Waals surface area (Å²) in [6.45, 7) is 5.34. The molecule has 1 aliphatic rings. The van der Waals surface area contributed by atoms with Crippen LogP contribution < -0.4 is 10.5 Å². The molecule has 0 aliphatic carbocycles. The molecule has 5 nitrogen and oxygen atoms in total. The Morgan fingerprint density at radius 2 is 2.14 bits per heavy atom. The summed E-state index contributed by atoms with van der Waals surface area (Å²) < 4.78 is 7.42. The standard InChI is InChI=1S/C17H26N4O/c1-22-16-3-4-17-15(11-16)12-19-21(17)13-14-5-9-20(10-6-14)8-2-7-18/h3-4,11-12,14H,2,5-10,13,18H2,1H3. The zero-order chi connectivity index (χ0) is 15.4. The summed E-state index contributed by atoms with van der Waals surface area (Å²) in [7, 11) is 1.70. The zero-order valence-electron chi connectivity index (χ0n) is 13.4. The van der Waals surface area contributed by atoms with E-state index in [1.807, 2.05) is 18.3 Å². The molecule has 0 radical (unpaired) electrons. The molecule has 0 saturated carbocycles. The van der Waals surface area contributed by atoms with Crippen LogP contribution in [0.2, 0.25) is 0 Å². The van der Waals surface area contributed by atoms with Gasteiger partial charge in [-0.2, -0.15) is 5.10 Å². The first kappa shape index (κ1) is 15.3. The number of fused-ring (bicyclic) bond motifs is 1. The number of hydrogen-bond acceptors (Lipinski definition) is 4. The second-order valence-electron chi connectivity index (χ2n) is 6.18. The normalized spacial score (nSPS) is 17.2. The topological polar surface area (TPSA) is 56.3 Å². The molecule has 3 rings (SSSR count). The molecule has 0 atom stereocenters. The molecule has 22 heavy (non-hydrogen) atoms. The Kier molecular flexibility index (Phi) is 4.95. The summed E-state index contributed by atoms with van der Waals surface area (Å²) in [4.78, 5) is 2.54. The molecule has 0 unspecified atom stereocenters. The summed E-state index contributed by atoms with van der Waals surface area (Å²) in [5.41, 5.74) is 6.79. The van der Waals surface area contributed by atoms with Crippen LogP contribution in [-0.4, -0.2) is 48.0 Å². The number of ether oxygens (including phenoxy) is 1. The van der Waals surface area contributed by atoms with E-state index < -0.39 is 0 Å². The van der Waals surface area contributed by atoms with Crippen molar-refractivity contribution >= 4 is 10.9 Å². The Bertz CT molecular complexity index is 602. The summed E-state index contributed by atoms with van der Waals surface area (Å²) in [5.74, 6) is 1.61. The SMILES string of the molecule is COc1ccc2c(cnn2CC2CCN(CCCN)CC2)c1. The first-order valence-corrected chi connectivity index (χ1v) is 8.22. The fourth-order valence-corrected chi connectivity index (χ4v) is 3.29. The maximum atomic E-state index is 5.59. The van der Waals surface area contributed by atoms with Gasteiger partial charge >= 0.3 is 0 Å². The number of likely N-dealkylation sites (tertiary alicyclic amines) is 1. The molecule has 1 aromatic heterocycles. The Morgan fingerprint density at radius 3 is 2.86 bits per heavy atom. The van der Waals surface area contributed by atoms with E-state index in [0.717, 1.165) is 43.1 Å². The molecule has 0 amide bonds. The van der Waals surface area contributed by atoms with Gasteiger partial charge in [-0.25, -0.2) is 0 Å². The molecule has 2 N–H and O–H groups in total. The van der Waals surface area contributed by atoms with Gasteiger partial charge in [0, 0.05) is 11.9 Å². The van der Waals surface area contributed by atoms with E-state index in [-0.39, 0.29) is 0 Å². The summed E-state index contributed by atoms with van der Waals surface area (Å²) in [6.07, 6.45) is 5.55. The Morgan fingerprint density at radius 1 is 1.32 bits per heavy atom. The summed E-state index contributed by atoms with van der Waals surface area (Å²) in [6, 6.07) is 6.17. The average Bonchev–Trinajstić information content (AvgIpc) is 2.96. The first-order valence-electron chi connectivity index (χ1n) is 8.22. The third kappa shape index (κ3) is 3.42. The van der Waals surface area contributed by atoms with Crippen molar-refractivity contribution in [1.29, 1.82) is 0 Å². The van der Waals surface area contributed by atoms with Crippen LogP contribution >= 0.6 is 0 Å². The third-order valence-corrected chi connectivity index (χ3v) is 4.67. The van der Waals surface area contributed by atoms with Crippen LogP contribution in [0.4, 0.5) is 0 Å². The number of methoxy groups -OCH3 is 1. The van der Waals surface area contributed by atoms with Crippen LogP contribution in [0.15, 0.2) is 24.4 Å². The highest BCUT2D eigenvalue weighted by Crippen LogP contribution is 2.24. The van der Waals surface area contributed by atoms with Crippen molar-refractivity contribution in [1.82, 2.24) is 14.7 Å². The van der Waals surface area contributed by atoms with E-state index in [2.05, 4.69) is 20.7 Å². The van der Waals surface area contributed by atoms with Gasteiger partial charge in [-0.05, 0) is 69.6 Å². The fraction of sp³-hybridized carbons (Fsp3) is 0.588. The van der Waals surface area contributed by atoms with Crippen LogP contribution in [-0.2, 0) is 6.54 Å². The molecule has 1 aromatic carbocycles. The number of rotatable bonds is 6. The predicted octanol–water partition coefficient (Wildman–Crippen LogP) is 2.11. The van der Waals surface area contributed by atoms with Crippen LogP contribution in [0, 0.1) is 5.92 Å². The van der Waals surface area contributed by atoms with Crippen molar-refractivity contribution in [3.05, 3.63) is 24.4 Å². The largest absolute Gasteiger partial charge is 0.497 e. The molecule has 0 bridgehead atoms. The number of aromatic nitrogens is 2. The Labute approximate surface area is 132 Å². The van der Waals surface area contributed by atoms with Gasteiger partial charge in [0.25, 0.3) is 0 Å². The Hall–Kier alpha value is -1.59. The lowest BCUT2D eigenvalue weighted by molar-refractivity contribution is 0.171. The molecule has 2 aromatic rings. The maximum absolute atomic E-state index is 5.59. The van der Waals surface area contributed by atoms with E-state index in [9.17, 15) is 0 Å². The summed E-state index contributed by atoms with van der Waals surface area (Å²) in [5, 5.41) is 5.72. The first-order chi connectivity index (χ1) is 10.8. The van der Waals surface area contributed by atoms with Crippen molar-refractivity contribution in [3.63, 3.8) is 0 Å². The van der Waals surface area contributed by atoms with Gasteiger partial charge in [0.15, 0.2) is 0 Å². The van der Waals surface area contributed by atoms with E-state index in [0.29, 0.717) is 0 Å². The zero-order valence-corrected chi connectivity index (χ0v) is 13.4. The van der Waals surface area contributed by atoms with Gasteiger partial charge < -0.3 is 15.4 Å². The molecule has 2 heterocycles. The Balaban J connectivity index is 1.60. The molecular formula is C17H26N4O. The molecule has 5 heteroatoms. The number of piperidine rings is 1.